The fraction of sp³-hybridized carbons (Fsp3) is 0.471. The molecular weight excluding hydrogens is 248 g/mol. The van der Waals surface area contributed by atoms with Crippen LogP contribution in [-0.2, 0) is 6.54 Å². The standard InChI is InChI=1S/C17H22N2O/c1-20-17-8-7-15(11-16(17)12-18)13-19-10-9-14-5-3-2-4-6-14/h5,7-8,11,19H,2-4,6,9-10,13H2,1H3. The van der Waals surface area contributed by atoms with Crippen LogP contribution in [0, 0.1) is 11.3 Å². The van der Waals surface area contributed by atoms with Gasteiger partial charge in [0.2, 0.25) is 0 Å². The number of hydrogen-bond acceptors (Lipinski definition) is 3. The van der Waals surface area contributed by atoms with Gasteiger partial charge in [-0.15, -0.1) is 0 Å². The van der Waals surface area contributed by atoms with Gasteiger partial charge in [0.05, 0.1) is 12.7 Å². The molecule has 1 aliphatic rings. The summed E-state index contributed by atoms with van der Waals surface area (Å²) in [6.45, 7) is 1.80. The van der Waals surface area contributed by atoms with Crippen LogP contribution in [0.4, 0.5) is 0 Å². The van der Waals surface area contributed by atoms with Crippen molar-refractivity contribution in [2.45, 2.75) is 38.6 Å². The van der Waals surface area contributed by atoms with Gasteiger partial charge in [0.1, 0.15) is 11.8 Å². The SMILES string of the molecule is COc1ccc(CNCCC2=CCCCC2)cc1C#N. The highest BCUT2D eigenvalue weighted by molar-refractivity contribution is 5.45. The van der Waals surface area contributed by atoms with E-state index in [4.69, 9.17) is 10.00 Å². The molecule has 0 atom stereocenters. The van der Waals surface area contributed by atoms with E-state index in [9.17, 15) is 0 Å². The highest BCUT2D eigenvalue weighted by Crippen LogP contribution is 2.20. The average Bonchev–Trinajstić information content (AvgIpc) is 2.52. The van der Waals surface area contributed by atoms with Crippen LogP contribution in [0.25, 0.3) is 0 Å². The Morgan fingerprint density at radius 2 is 2.25 bits per heavy atom. The summed E-state index contributed by atoms with van der Waals surface area (Å²) >= 11 is 0. The maximum Gasteiger partial charge on any atom is 0.136 e. The molecule has 1 aromatic rings. The van der Waals surface area contributed by atoms with Crippen molar-refractivity contribution in [3.8, 4) is 11.8 Å². The number of ether oxygens (including phenoxy) is 1. The first-order valence-corrected chi connectivity index (χ1v) is 7.29. The molecule has 0 saturated heterocycles. The number of methoxy groups -OCH3 is 1. The highest BCUT2D eigenvalue weighted by Gasteiger charge is 2.05. The van der Waals surface area contributed by atoms with Crippen molar-refractivity contribution in [3.05, 3.63) is 41.0 Å². The molecule has 106 valence electrons. The van der Waals surface area contributed by atoms with Crippen LogP contribution in [0.5, 0.6) is 5.75 Å². The first-order valence-electron chi connectivity index (χ1n) is 7.29. The van der Waals surface area contributed by atoms with Gasteiger partial charge < -0.3 is 10.1 Å². The number of hydrogen-bond donors (Lipinski definition) is 1. The zero-order chi connectivity index (χ0) is 14.2. The lowest BCUT2D eigenvalue weighted by Gasteiger charge is -2.13. The molecule has 1 aliphatic carbocycles. The first-order chi connectivity index (χ1) is 9.83. The summed E-state index contributed by atoms with van der Waals surface area (Å²) in [4.78, 5) is 0. The molecule has 0 radical (unpaired) electrons. The number of benzene rings is 1. The molecule has 0 unspecified atom stereocenters. The number of allylic oxidation sites excluding steroid dienone is 1. The molecule has 20 heavy (non-hydrogen) atoms. The minimum atomic E-state index is 0.599. The fourth-order valence-corrected chi connectivity index (χ4v) is 2.57. The molecule has 0 heterocycles. The van der Waals surface area contributed by atoms with Crippen molar-refractivity contribution in [1.82, 2.24) is 5.32 Å². The molecule has 1 aromatic carbocycles. The minimum Gasteiger partial charge on any atom is -0.495 e. The zero-order valence-corrected chi connectivity index (χ0v) is 12.1. The smallest absolute Gasteiger partial charge is 0.136 e. The molecule has 0 saturated carbocycles. The Bertz CT molecular complexity index is 514. The third kappa shape index (κ3) is 4.11. The molecule has 3 nitrogen and oxygen atoms in total. The monoisotopic (exact) mass is 270 g/mol. The van der Waals surface area contributed by atoms with Crippen molar-refractivity contribution < 1.29 is 4.74 Å². The van der Waals surface area contributed by atoms with Gasteiger partial charge in [-0.2, -0.15) is 5.26 Å². The lowest BCUT2D eigenvalue weighted by molar-refractivity contribution is 0.413. The third-order valence-corrected chi connectivity index (χ3v) is 3.72. The van der Waals surface area contributed by atoms with Gasteiger partial charge in [0.15, 0.2) is 0 Å². The first kappa shape index (κ1) is 14.6. The van der Waals surface area contributed by atoms with Crippen LogP contribution in [-0.4, -0.2) is 13.7 Å². The van der Waals surface area contributed by atoms with E-state index in [-0.39, 0.29) is 0 Å². The van der Waals surface area contributed by atoms with Crippen LogP contribution in [0.1, 0.15) is 43.2 Å². The molecule has 0 amide bonds. The Labute approximate surface area is 121 Å². The Hall–Kier alpha value is -1.79. The lowest BCUT2D eigenvalue weighted by Crippen LogP contribution is -2.15. The second kappa shape index (κ2) is 7.72. The predicted octanol–water partition coefficient (Wildman–Crippen LogP) is 3.55. The van der Waals surface area contributed by atoms with Crippen molar-refractivity contribution >= 4 is 0 Å². The molecule has 0 bridgehead atoms. The number of nitrogens with one attached hydrogen (secondary N) is 1. The average molecular weight is 270 g/mol. The second-order valence-corrected chi connectivity index (χ2v) is 5.18. The topological polar surface area (TPSA) is 45.0 Å². The van der Waals surface area contributed by atoms with Crippen molar-refractivity contribution in [2.75, 3.05) is 13.7 Å². The van der Waals surface area contributed by atoms with E-state index >= 15 is 0 Å². The van der Waals surface area contributed by atoms with Crippen LogP contribution in [0.15, 0.2) is 29.8 Å². The van der Waals surface area contributed by atoms with Gasteiger partial charge in [0.25, 0.3) is 0 Å². The fourth-order valence-electron chi connectivity index (χ4n) is 2.57. The van der Waals surface area contributed by atoms with E-state index in [1.54, 1.807) is 12.7 Å². The van der Waals surface area contributed by atoms with Crippen molar-refractivity contribution in [1.29, 1.82) is 5.26 Å². The Balaban J connectivity index is 1.79. The van der Waals surface area contributed by atoms with E-state index in [1.807, 2.05) is 18.2 Å². The molecule has 0 aliphatic heterocycles. The predicted molar refractivity (Wildman–Crippen MR) is 80.6 cm³/mol. The second-order valence-electron chi connectivity index (χ2n) is 5.18. The molecule has 1 N–H and O–H groups in total. The summed E-state index contributed by atoms with van der Waals surface area (Å²) in [6.07, 6.45) is 8.74. The van der Waals surface area contributed by atoms with E-state index < -0.39 is 0 Å². The van der Waals surface area contributed by atoms with Crippen molar-refractivity contribution in [3.63, 3.8) is 0 Å². The van der Waals surface area contributed by atoms with E-state index in [1.165, 1.54) is 25.7 Å². The van der Waals surface area contributed by atoms with Gasteiger partial charge in [0, 0.05) is 6.54 Å². The normalized spacial score (nSPS) is 14.5. The van der Waals surface area contributed by atoms with Crippen LogP contribution in [0.2, 0.25) is 0 Å². The number of nitriles is 1. The summed E-state index contributed by atoms with van der Waals surface area (Å²) in [5.41, 5.74) is 3.32. The van der Waals surface area contributed by atoms with Gasteiger partial charge in [-0.3, -0.25) is 0 Å². The Kier molecular flexibility index (Phi) is 5.64. The largest absolute Gasteiger partial charge is 0.495 e. The minimum absolute atomic E-state index is 0.599. The van der Waals surface area contributed by atoms with E-state index in [0.717, 1.165) is 25.1 Å². The zero-order valence-electron chi connectivity index (χ0n) is 12.1. The summed E-state index contributed by atoms with van der Waals surface area (Å²) in [7, 11) is 1.59. The molecule has 0 spiro atoms. The third-order valence-electron chi connectivity index (χ3n) is 3.72. The van der Waals surface area contributed by atoms with Gasteiger partial charge >= 0.3 is 0 Å². The summed E-state index contributed by atoms with van der Waals surface area (Å²) in [5, 5.41) is 12.5. The maximum absolute atomic E-state index is 9.06. The Morgan fingerprint density at radius 1 is 1.35 bits per heavy atom. The van der Waals surface area contributed by atoms with E-state index in [0.29, 0.717) is 11.3 Å². The molecule has 0 aromatic heterocycles. The summed E-state index contributed by atoms with van der Waals surface area (Å²) in [6, 6.07) is 7.93. The van der Waals surface area contributed by atoms with Crippen LogP contribution >= 0.6 is 0 Å². The van der Waals surface area contributed by atoms with Gasteiger partial charge in [-0.1, -0.05) is 17.7 Å². The van der Waals surface area contributed by atoms with Crippen molar-refractivity contribution in [2.24, 2.45) is 0 Å². The lowest BCUT2D eigenvalue weighted by atomic mass is 9.97. The quantitative estimate of drug-likeness (QED) is 0.635. The molecular formula is C17H22N2O. The van der Waals surface area contributed by atoms with Crippen LogP contribution in [0.3, 0.4) is 0 Å². The highest BCUT2D eigenvalue weighted by atomic mass is 16.5. The molecule has 2 rings (SSSR count). The van der Waals surface area contributed by atoms with Gasteiger partial charge in [-0.05, 0) is 56.3 Å². The Morgan fingerprint density at radius 3 is 2.95 bits per heavy atom. The molecule has 3 heteroatoms. The molecule has 0 fully saturated rings. The maximum atomic E-state index is 9.06. The summed E-state index contributed by atoms with van der Waals surface area (Å²) < 4.78 is 5.15. The van der Waals surface area contributed by atoms with Crippen LogP contribution < -0.4 is 10.1 Å². The van der Waals surface area contributed by atoms with E-state index in [2.05, 4.69) is 17.5 Å². The number of nitrogens with zero attached hydrogens (tertiary/aromatic N) is 1. The number of rotatable bonds is 6. The van der Waals surface area contributed by atoms with Gasteiger partial charge in [-0.25, -0.2) is 0 Å². The summed E-state index contributed by atoms with van der Waals surface area (Å²) in [5.74, 6) is 0.642.